The molecule has 0 aliphatic heterocycles. The Hall–Kier alpha value is -2.61. The van der Waals surface area contributed by atoms with Crippen molar-refractivity contribution in [2.24, 2.45) is 0 Å². The van der Waals surface area contributed by atoms with E-state index in [0.29, 0.717) is 51.7 Å². The van der Waals surface area contributed by atoms with E-state index < -0.39 is 11.9 Å². The molecule has 2 aromatic rings. The number of rotatable bonds is 8. The molecule has 0 aliphatic rings. The first-order valence-electron chi connectivity index (χ1n) is 9.57. The molecule has 8 heteroatoms. The van der Waals surface area contributed by atoms with Crippen LogP contribution < -0.4 is 9.47 Å². The zero-order chi connectivity index (χ0) is 22.4. The number of hydrogen-bond donors (Lipinski definition) is 0. The van der Waals surface area contributed by atoms with Gasteiger partial charge in [0.1, 0.15) is 0 Å². The van der Waals surface area contributed by atoms with Crippen LogP contribution in [-0.2, 0) is 9.47 Å². The highest BCUT2D eigenvalue weighted by atomic mass is 79.9. The summed E-state index contributed by atoms with van der Waals surface area (Å²) in [5.41, 5.74) is 2.23. The Bertz CT molecular complexity index is 917. The van der Waals surface area contributed by atoms with Crippen molar-refractivity contribution >= 4 is 27.9 Å². The van der Waals surface area contributed by atoms with Gasteiger partial charge in [0.15, 0.2) is 11.5 Å². The number of carbonyl (C=O) groups is 2. The largest absolute Gasteiger partial charge is 0.490 e. The van der Waals surface area contributed by atoms with Gasteiger partial charge in [0.25, 0.3) is 0 Å². The summed E-state index contributed by atoms with van der Waals surface area (Å²) in [7, 11) is 2.57. The average molecular weight is 480 g/mol. The molecule has 0 unspecified atom stereocenters. The Morgan fingerprint density at radius 3 is 2.00 bits per heavy atom. The molecule has 0 fully saturated rings. The van der Waals surface area contributed by atoms with Crippen molar-refractivity contribution in [3.63, 3.8) is 0 Å². The van der Waals surface area contributed by atoms with E-state index in [-0.39, 0.29) is 11.1 Å². The number of methoxy groups -OCH3 is 2. The number of esters is 2. The van der Waals surface area contributed by atoms with Gasteiger partial charge in [-0.15, -0.1) is 0 Å². The summed E-state index contributed by atoms with van der Waals surface area (Å²) in [4.78, 5) is 29.6. The minimum Gasteiger partial charge on any atom is -0.490 e. The lowest BCUT2D eigenvalue weighted by Crippen LogP contribution is -2.16. The maximum Gasteiger partial charge on any atom is 0.340 e. The number of aromatic nitrogens is 1. The van der Waals surface area contributed by atoms with Gasteiger partial charge in [0.05, 0.1) is 54.4 Å². The van der Waals surface area contributed by atoms with Crippen molar-refractivity contribution in [2.45, 2.75) is 34.1 Å². The highest BCUT2D eigenvalue weighted by Crippen LogP contribution is 2.42. The van der Waals surface area contributed by atoms with E-state index in [0.717, 1.165) is 6.42 Å². The number of nitrogens with zero attached hydrogens (tertiary/aromatic N) is 1. The van der Waals surface area contributed by atoms with Crippen LogP contribution >= 0.6 is 15.9 Å². The summed E-state index contributed by atoms with van der Waals surface area (Å²) >= 11 is 3.54. The van der Waals surface area contributed by atoms with Crippen LogP contribution in [0.25, 0.3) is 11.1 Å². The highest BCUT2D eigenvalue weighted by molar-refractivity contribution is 9.10. The molecule has 2 rings (SSSR count). The van der Waals surface area contributed by atoms with Gasteiger partial charge in [-0.1, -0.05) is 6.92 Å². The Morgan fingerprint density at radius 2 is 1.53 bits per heavy atom. The van der Waals surface area contributed by atoms with Crippen LogP contribution in [0.2, 0.25) is 0 Å². The molecule has 1 aromatic heterocycles. The first kappa shape index (κ1) is 23.7. The second-order valence-corrected chi connectivity index (χ2v) is 7.31. The van der Waals surface area contributed by atoms with Gasteiger partial charge in [-0.05, 0) is 60.8 Å². The quantitative estimate of drug-likeness (QED) is 0.498. The number of carbonyl (C=O) groups excluding carboxylic acids is 2. The van der Waals surface area contributed by atoms with Crippen molar-refractivity contribution in [1.82, 2.24) is 4.98 Å². The predicted molar refractivity (Wildman–Crippen MR) is 116 cm³/mol. The third kappa shape index (κ3) is 4.75. The molecule has 0 saturated heterocycles. The summed E-state index contributed by atoms with van der Waals surface area (Å²) in [5, 5.41) is 0. The van der Waals surface area contributed by atoms with Crippen LogP contribution in [0.1, 0.15) is 52.4 Å². The van der Waals surface area contributed by atoms with E-state index in [2.05, 4.69) is 20.9 Å². The third-order valence-corrected chi connectivity index (χ3v) is 4.98. The second kappa shape index (κ2) is 10.4. The molecular formula is C22H26BrNO6. The SMILES string of the molecule is CCCOc1c(Br)cc(-c2c(C(=O)OC)c(C)nc(C)c2C(=O)OC)cc1OCC. The first-order valence-corrected chi connectivity index (χ1v) is 10.4. The molecule has 0 saturated carbocycles. The van der Waals surface area contributed by atoms with Gasteiger partial charge >= 0.3 is 11.9 Å². The summed E-state index contributed by atoms with van der Waals surface area (Å²) in [6.07, 6.45) is 0.835. The monoisotopic (exact) mass is 479 g/mol. The molecule has 0 N–H and O–H groups in total. The maximum absolute atomic E-state index is 12.6. The van der Waals surface area contributed by atoms with Crippen molar-refractivity contribution < 1.29 is 28.5 Å². The normalized spacial score (nSPS) is 10.5. The fourth-order valence-electron chi connectivity index (χ4n) is 3.16. The fourth-order valence-corrected chi connectivity index (χ4v) is 3.72. The number of hydrogen-bond acceptors (Lipinski definition) is 7. The molecule has 30 heavy (non-hydrogen) atoms. The summed E-state index contributed by atoms with van der Waals surface area (Å²) in [6.45, 7) is 8.20. The van der Waals surface area contributed by atoms with Crippen molar-refractivity contribution in [3.8, 4) is 22.6 Å². The lowest BCUT2D eigenvalue weighted by molar-refractivity contribution is 0.0599. The summed E-state index contributed by atoms with van der Waals surface area (Å²) in [5.74, 6) is -0.139. The summed E-state index contributed by atoms with van der Waals surface area (Å²) in [6, 6.07) is 3.52. The fraction of sp³-hybridized carbons (Fsp3) is 0.409. The number of ether oxygens (including phenoxy) is 4. The van der Waals surface area contributed by atoms with Gasteiger partial charge in [0, 0.05) is 5.56 Å². The Labute approximate surface area is 184 Å². The smallest absolute Gasteiger partial charge is 0.340 e. The molecule has 0 atom stereocenters. The molecular weight excluding hydrogens is 454 g/mol. The number of halogens is 1. The van der Waals surface area contributed by atoms with Crippen LogP contribution in [0, 0.1) is 13.8 Å². The van der Waals surface area contributed by atoms with Gasteiger partial charge in [-0.25, -0.2) is 9.59 Å². The molecule has 1 aromatic carbocycles. The molecule has 0 amide bonds. The second-order valence-electron chi connectivity index (χ2n) is 6.46. The molecule has 1 heterocycles. The Balaban J connectivity index is 2.90. The predicted octanol–water partition coefficient (Wildman–Crippen LogP) is 4.89. The van der Waals surface area contributed by atoms with Gasteiger partial charge in [0.2, 0.25) is 0 Å². The van der Waals surface area contributed by atoms with Crippen LogP contribution in [0.5, 0.6) is 11.5 Å². The summed E-state index contributed by atoms with van der Waals surface area (Å²) < 4.78 is 22.2. The zero-order valence-electron chi connectivity index (χ0n) is 18.1. The van der Waals surface area contributed by atoms with Crippen LogP contribution in [0.4, 0.5) is 0 Å². The highest BCUT2D eigenvalue weighted by Gasteiger charge is 2.28. The van der Waals surface area contributed by atoms with E-state index in [1.54, 1.807) is 26.0 Å². The third-order valence-electron chi connectivity index (χ3n) is 4.39. The molecule has 162 valence electrons. The number of aryl methyl sites for hydroxylation is 2. The maximum atomic E-state index is 12.6. The molecule has 7 nitrogen and oxygen atoms in total. The lowest BCUT2D eigenvalue weighted by Gasteiger charge is -2.19. The van der Waals surface area contributed by atoms with Gasteiger partial charge in [-0.3, -0.25) is 4.98 Å². The van der Waals surface area contributed by atoms with E-state index in [1.807, 2.05) is 13.8 Å². The topological polar surface area (TPSA) is 84.0 Å². The van der Waals surface area contributed by atoms with E-state index in [1.165, 1.54) is 14.2 Å². The molecule has 0 bridgehead atoms. The first-order chi connectivity index (χ1) is 14.3. The van der Waals surface area contributed by atoms with Crippen molar-refractivity contribution in [2.75, 3.05) is 27.4 Å². The molecule has 0 radical (unpaired) electrons. The van der Waals surface area contributed by atoms with Crippen molar-refractivity contribution in [3.05, 3.63) is 39.1 Å². The average Bonchev–Trinajstić information content (AvgIpc) is 2.71. The number of benzene rings is 1. The van der Waals surface area contributed by atoms with Crippen molar-refractivity contribution in [1.29, 1.82) is 0 Å². The van der Waals surface area contributed by atoms with Crippen LogP contribution in [0.3, 0.4) is 0 Å². The minimum atomic E-state index is -0.597. The van der Waals surface area contributed by atoms with E-state index in [4.69, 9.17) is 18.9 Å². The standard InChI is InChI=1S/C22H26BrNO6/c1-7-9-30-20-15(23)10-14(11-16(20)29-8-2)19-17(21(25)27-5)12(3)24-13(4)18(19)22(26)28-6/h10-11H,7-9H2,1-6H3. The zero-order valence-corrected chi connectivity index (χ0v) is 19.6. The lowest BCUT2D eigenvalue weighted by atomic mass is 9.92. The molecule has 0 spiro atoms. The van der Waals surface area contributed by atoms with E-state index in [9.17, 15) is 9.59 Å². The van der Waals surface area contributed by atoms with Crippen LogP contribution in [0.15, 0.2) is 16.6 Å². The van der Waals surface area contributed by atoms with Gasteiger partial charge < -0.3 is 18.9 Å². The molecule has 0 aliphatic carbocycles. The number of pyridine rings is 1. The van der Waals surface area contributed by atoms with E-state index >= 15 is 0 Å². The van der Waals surface area contributed by atoms with Gasteiger partial charge in [-0.2, -0.15) is 0 Å². The Morgan fingerprint density at radius 1 is 0.967 bits per heavy atom. The van der Waals surface area contributed by atoms with Crippen LogP contribution in [-0.4, -0.2) is 44.4 Å². The minimum absolute atomic E-state index is 0.195. The Kier molecular flexibility index (Phi) is 8.23.